The molecule has 0 aliphatic rings. The van der Waals surface area contributed by atoms with Crippen LogP contribution in [0.15, 0.2) is 48.5 Å². The lowest BCUT2D eigenvalue weighted by Gasteiger charge is -2.24. The van der Waals surface area contributed by atoms with Gasteiger partial charge in [-0.05, 0) is 65.6 Å². The van der Waals surface area contributed by atoms with E-state index in [-0.39, 0.29) is 30.1 Å². The predicted octanol–water partition coefficient (Wildman–Crippen LogP) is 6.92. The van der Waals surface area contributed by atoms with Gasteiger partial charge in [-0.25, -0.2) is 8.78 Å². The number of hydrogen-bond donors (Lipinski definition) is 1. The molecule has 1 aromatic heterocycles. The number of aliphatic hydroxyl groups excluding tert-OH is 1. The van der Waals surface area contributed by atoms with E-state index < -0.39 is 0 Å². The minimum Gasteiger partial charge on any atom is -0.392 e. The van der Waals surface area contributed by atoms with Crippen LogP contribution >= 0.6 is 0 Å². The molecule has 3 aromatic rings. The third-order valence-corrected chi connectivity index (χ3v) is 5.76. The van der Waals surface area contributed by atoms with Crippen molar-refractivity contribution >= 4 is 0 Å². The molecule has 0 saturated carbocycles. The average molecular weight is 454 g/mol. The summed E-state index contributed by atoms with van der Waals surface area (Å²) in [6.45, 7) is 9.05. The van der Waals surface area contributed by atoms with E-state index in [1.807, 2.05) is 0 Å². The van der Waals surface area contributed by atoms with Crippen LogP contribution in [-0.2, 0) is 24.4 Å². The number of hydrogen-bond acceptors (Lipinski definition) is 3. The molecule has 3 rings (SSSR count). The van der Waals surface area contributed by atoms with Gasteiger partial charge in [0.25, 0.3) is 0 Å². The first kappa shape index (κ1) is 25.0. The number of halogens is 2. The van der Waals surface area contributed by atoms with Crippen molar-refractivity contribution in [1.29, 1.82) is 0 Å². The maximum Gasteiger partial charge on any atom is 0.123 e. The summed E-state index contributed by atoms with van der Waals surface area (Å²) in [7, 11) is 0. The molecular weight excluding hydrogens is 420 g/mol. The molecule has 0 atom stereocenters. The van der Waals surface area contributed by atoms with Gasteiger partial charge in [0.1, 0.15) is 11.6 Å². The van der Waals surface area contributed by atoms with Crippen molar-refractivity contribution in [2.45, 2.75) is 65.6 Å². The van der Waals surface area contributed by atoms with Crippen molar-refractivity contribution in [3.05, 3.63) is 88.2 Å². The quantitative estimate of drug-likeness (QED) is 0.339. The molecule has 0 spiro atoms. The van der Waals surface area contributed by atoms with Gasteiger partial charge in [0.05, 0.1) is 13.2 Å². The minimum absolute atomic E-state index is 0.134. The number of aryl methyl sites for hydroxylation is 1. The lowest BCUT2D eigenvalue weighted by Crippen LogP contribution is -2.13. The van der Waals surface area contributed by atoms with E-state index in [2.05, 4.69) is 27.7 Å². The first-order valence-electron chi connectivity index (χ1n) is 11.6. The van der Waals surface area contributed by atoms with Crippen LogP contribution in [0.5, 0.6) is 0 Å². The Morgan fingerprint density at radius 2 is 1.36 bits per heavy atom. The van der Waals surface area contributed by atoms with E-state index in [9.17, 15) is 13.9 Å². The van der Waals surface area contributed by atoms with Gasteiger partial charge in [0, 0.05) is 29.1 Å². The maximum absolute atomic E-state index is 13.6. The third-order valence-electron chi connectivity index (χ3n) is 5.76. The van der Waals surface area contributed by atoms with Gasteiger partial charge in [0.2, 0.25) is 0 Å². The van der Waals surface area contributed by atoms with E-state index >= 15 is 0 Å². The zero-order chi connectivity index (χ0) is 24.0. The molecule has 1 N–H and O–H groups in total. The second kappa shape index (κ2) is 11.5. The van der Waals surface area contributed by atoms with Gasteiger partial charge in [0.15, 0.2) is 0 Å². The number of pyridine rings is 1. The fourth-order valence-corrected chi connectivity index (χ4v) is 4.13. The monoisotopic (exact) mass is 453 g/mol. The molecule has 5 heteroatoms. The van der Waals surface area contributed by atoms with Crippen LogP contribution in [0.2, 0.25) is 0 Å². The van der Waals surface area contributed by atoms with Crippen LogP contribution in [-0.4, -0.2) is 16.7 Å². The zero-order valence-corrected chi connectivity index (χ0v) is 19.9. The van der Waals surface area contributed by atoms with Crippen molar-refractivity contribution in [1.82, 2.24) is 4.98 Å². The van der Waals surface area contributed by atoms with Crippen molar-refractivity contribution < 1.29 is 18.6 Å². The summed E-state index contributed by atoms with van der Waals surface area (Å²) in [4.78, 5) is 4.95. The van der Waals surface area contributed by atoms with Crippen molar-refractivity contribution in [3.8, 4) is 11.1 Å². The smallest absolute Gasteiger partial charge is 0.123 e. The van der Waals surface area contributed by atoms with Gasteiger partial charge in [-0.1, -0.05) is 52.0 Å². The molecule has 2 aromatic carbocycles. The standard InChI is InChI=1S/C28H33F2NO2/c1-18(2)27-24(16-32)26(21-9-13-23(30)14-10-21)25(28(31-27)19(3)4)17-33-15-5-6-20-7-11-22(29)12-8-20/h7-14,18-19,32H,5-6,15-17H2,1-4H3. The van der Waals surface area contributed by atoms with Gasteiger partial charge < -0.3 is 9.84 Å². The normalized spacial score (nSPS) is 11.5. The largest absolute Gasteiger partial charge is 0.392 e. The van der Waals surface area contributed by atoms with Crippen LogP contribution < -0.4 is 0 Å². The van der Waals surface area contributed by atoms with Crippen LogP contribution in [0.25, 0.3) is 11.1 Å². The molecule has 0 aliphatic carbocycles. The van der Waals surface area contributed by atoms with E-state index in [0.717, 1.165) is 52.0 Å². The highest BCUT2D eigenvalue weighted by atomic mass is 19.1. The first-order valence-corrected chi connectivity index (χ1v) is 11.6. The lowest BCUT2D eigenvalue weighted by molar-refractivity contribution is 0.118. The molecule has 3 nitrogen and oxygen atoms in total. The molecule has 0 bridgehead atoms. The number of ether oxygens (including phenoxy) is 1. The molecule has 0 aliphatic heterocycles. The van der Waals surface area contributed by atoms with Crippen LogP contribution in [0.1, 0.15) is 74.0 Å². The summed E-state index contributed by atoms with van der Waals surface area (Å²) in [6, 6.07) is 12.9. The van der Waals surface area contributed by atoms with Crippen LogP contribution in [0.4, 0.5) is 8.78 Å². The van der Waals surface area contributed by atoms with Gasteiger partial charge in [-0.2, -0.15) is 0 Å². The molecule has 0 fully saturated rings. The van der Waals surface area contributed by atoms with Crippen molar-refractivity contribution in [3.63, 3.8) is 0 Å². The molecule has 1 heterocycles. The zero-order valence-electron chi connectivity index (χ0n) is 19.9. The van der Waals surface area contributed by atoms with Crippen LogP contribution in [0.3, 0.4) is 0 Å². The summed E-state index contributed by atoms with van der Waals surface area (Å²) in [6.07, 6.45) is 1.60. The lowest BCUT2D eigenvalue weighted by atomic mass is 9.87. The van der Waals surface area contributed by atoms with E-state index in [1.54, 1.807) is 24.3 Å². The molecule has 0 unspecified atom stereocenters. The fraction of sp³-hybridized carbons (Fsp3) is 0.393. The molecule has 176 valence electrons. The highest BCUT2D eigenvalue weighted by molar-refractivity contribution is 5.73. The van der Waals surface area contributed by atoms with Gasteiger partial charge in [-0.15, -0.1) is 0 Å². The Balaban J connectivity index is 1.90. The average Bonchev–Trinajstić information content (AvgIpc) is 2.79. The Morgan fingerprint density at radius 3 is 1.91 bits per heavy atom. The summed E-state index contributed by atoms with van der Waals surface area (Å²) in [5.41, 5.74) is 6.31. The number of aromatic nitrogens is 1. The van der Waals surface area contributed by atoms with Crippen LogP contribution in [0, 0.1) is 11.6 Å². The topological polar surface area (TPSA) is 42.4 Å². The number of nitrogens with zero attached hydrogens (tertiary/aromatic N) is 1. The summed E-state index contributed by atoms with van der Waals surface area (Å²) in [5.74, 6) is -0.242. The Bertz CT molecular complexity index is 1040. The fourth-order valence-electron chi connectivity index (χ4n) is 4.13. The maximum atomic E-state index is 13.6. The summed E-state index contributed by atoms with van der Waals surface area (Å²) >= 11 is 0. The molecule has 0 amide bonds. The number of rotatable bonds is 10. The molecule has 33 heavy (non-hydrogen) atoms. The Labute approximate surface area is 195 Å². The highest BCUT2D eigenvalue weighted by Gasteiger charge is 2.23. The summed E-state index contributed by atoms with van der Waals surface area (Å²) in [5, 5.41) is 10.3. The SMILES string of the molecule is CC(C)c1nc(C(C)C)c(COCCCc2ccc(F)cc2)c(-c2ccc(F)cc2)c1CO. The Hall–Kier alpha value is -2.63. The summed E-state index contributed by atoms with van der Waals surface area (Å²) < 4.78 is 32.8. The van der Waals surface area contributed by atoms with E-state index in [4.69, 9.17) is 9.72 Å². The first-order chi connectivity index (χ1) is 15.8. The van der Waals surface area contributed by atoms with Crippen molar-refractivity contribution in [2.75, 3.05) is 6.61 Å². The molecular formula is C28H33F2NO2. The highest BCUT2D eigenvalue weighted by Crippen LogP contribution is 2.37. The minimum atomic E-state index is -0.301. The Morgan fingerprint density at radius 1 is 0.818 bits per heavy atom. The second-order valence-corrected chi connectivity index (χ2v) is 8.97. The van der Waals surface area contributed by atoms with Crippen molar-refractivity contribution in [2.24, 2.45) is 0 Å². The Kier molecular flexibility index (Phi) is 8.70. The van der Waals surface area contributed by atoms with E-state index in [0.29, 0.717) is 13.2 Å². The number of benzene rings is 2. The molecule has 0 saturated heterocycles. The van der Waals surface area contributed by atoms with Gasteiger partial charge >= 0.3 is 0 Å². The third kappa shape index (κ3) is 6.24. The van der Waals surface area contributed by atoms with E-state index in [1.165, 1.54) is 24.3 Å². The van der Waals surface area contributed by atoms with Gasteiger partial charge in [-0.3, -0.25) is 4.98 Å². The number of aliphatic hydroxyl groups is 1. The molecule has 0 radical (unpaired) electrons. The second-order valence-electron chi connectivity index (χ2n) is 8.97. The predicted molar refractivity (Wildman–Crippen MR) is 128 cm³/mol.